The monoisotopic (exact) mass is 283 g/mol. The van der Waals surface area contributed by atoms with Gasteiger partial charge in [-0.2, -0.15) is 0 Å². The van der Waals surface area contributed by atoms with Gasteiger partial charge in [0.15, 0.2) is 0 Å². The van der Waals surface area contributed by atoms with Crippen LogP contribution in [0.4, 0.5) is 0 Å². The largest absolute Gasteiger partial charge is 0.334 e. The molecule has 18 heavy (non-hydrogen) atoms. The number of imidazole rings is 1. The quantitative estimate of drug-likeness (QED) is 0.934. The fraction of sp³-hybridized carbons (Fsp3) is 0.308. The van der Waals surface area contributed by atoms with E-state index in [2.05, 4.69) is 11.9 Å². The SMILES string of the molecule is CCn1ccnc1C(N)Cc1c(Cl)cccc1Cl. The summed E-state index contributed by atoms with van der Waals surface area (Å²) in [6.07, 6.45) is 4.26. The van der Waals surface area contributed by atoms with Gasteiger partial charge in [0, 0.05) is 29.0 Å². The Morgan fingerprint density at radius 1 is 1.33 bits per heavy atom. The minimum absolute atomic E-state index is 0.211. The Kier molecular flexibility index (Phi) is 4.27. The highest BCUT2D eigenvalue weighted by molar-refractivity contribution is 6.35. The number of nitrogens with zero attached hydrogens (tertiary/aromatic N) is 2. The molecule has 0 saturated carbocycles. The minimum atomic E-state index is -0.211. The molecule has 1 unspecified atom stereocenters. The first-order chi connectivity index (χ1) is 8.63. The van der Waals surface area contributed by atoms with Crippen LogP contribution in [0.5, 0.6) is 0 Å². The third-order valence-corrected chi connectivity index (χ3v) is 3.61. The molecule has 0 aliphatic carbocycles. The average molecular weight is 284 g/mol. The van der Waals surface area contributed by atoms with E-state index in [1.54, 1.807) is 6.20 Å². The van der Waals surface area contributed by atoms with Crippen molar-refractivity contribution in [1.82, 2.24) is 9.55 Å². The van der Waals surface area contributed by atoms with Gasteiger partial charge in [0.05, 0.1) is 6.04 Å². The molecule has 96 valence electrons. The number of rotatable bonds is 4. The first kappa shape index (κ1) is 13.4. The lowest BCUT2D eigenvalue weighted by Crippen LogP contribution is -2.19. The summed E-state index contributed by atoms with van der Waals surface area (Å²) in [5.41, 5.74) is 7.06. The molecule has 0 bridgehead atoms. The summed E-state index contributed by atoms with van der Waals surface area (Å²) in [6.45, 7) is 2.90. The second-order valence-electron chi connectivity index (χ2n) is 4.08. The van der Waals surface area contributed by atoms with Crippen LogP contribution >= 0.6 is 23.2 Å². The van der Waals surface area contributed by atoms with Crippen LogP contribution in [-0.4, -0.2) is 9.55 Å². The molecule has 2 aromatic rings. The second-order valence-corrected chi connectivity index (χ2v) is 4.90. The molecule has 1 atom stereocenters. The smallest absolute Gasteiger partial charge is 0.125 e. The lowest BCUT2D eigenvalue weighted by atomic mass is 10.1. The first-order valence-electron chi connectivity index (χ1n) is 5.83. The van der Waals surface area contributed by atoms with Gasteiger partial charge in [-0.1, -0.05) is 29.3 Å². The molecule has 0 aliphatic heterocycles. The Bertz CT molecular complexity index is 517. The van der Waals surface area contributed by atoms with E-state index >= 15 is 0 Å². The molecule has 0 spiro atoms. The molecule has 2 N–H and O–H groups in total. The van der Waals surface area contributed by atoms with E-state index in [1.807, 2.05) is 29.0 Å². The zero-order valence-electron chi connectivity index (χ0n) is 10.1. The summed E-state index contributed by atoms with van der Waals surface area (Å²) in [6, 6.07) is 5.26. The summed E-state index contributed by atoms with van der Waals surface area (Å²) >= 11 is 12.3. The van der Waals surface area contributed by atoms with Gasteiger partial charge in [0.1, 0.15) is 5.82 Å². The minimum Gasteiger partial charge on any atom is -0.334 e. The Balaban J connectivity index is 2.24. The number of hydrogen-bond acceptors (Lipinski definition) is 2. The molecule has 1 aromatic heterocycles. The van der Waals surface area contributed by atoms with Crippen molar-refractivity contribution in [3.05, 3.63) is 52.0 Å². The lowest BCUT2D eigenvalue weighted by Gasteiger charge is -2.15. The van der Waals surface area contributed by atoms with Gasteiger partial charge in [-0.15, -0.1) is 0 Å². The number of aromatic nitrogens is 2. The molecule has 1 heterocycles. The molecule has 0 saturated heterocycles. The van der Waals surface area contributed by atoms with E-state index < -0.39 is 0 Å². The number of halogens is 2. The molecule has 5 heteroatoms. The van der Waals surface area contributed by atoms with E-state index in [9.17, 15) is 0 Å². The zero-order chi connectivity index (χ0) is 13.1. The predicted octanol–water partition coefficient (Wildman–Crippen LogP) is 3.45. The van der Waals surface area contributed by atoms with E-state index in [0.717, 1.165) is 17.9 Å². The predicted molar refractivity (Wildman–Crippen MR) is 75.0 cm³/mol. The van der Waals surface area contributed by atoms with E-state index in [4.69, 9.17) is 28.9 Å². The Labute approximate surface area is 117 Å². The van der Waals surface area contributed by atoms with Crippen molar-refractivity contribution in [2.24, 2.45) is 5.73 Å². The highest BCUT2D eigenvalue weighted by atomic mass is 35.5. The van der Waals surface area contributed by atoms with Crippen LogP contribution in [0.25, 0.3) is 0 Å². The topological polar surface area (TPSA) is 43.8 Å². The van der Waals surface area contributed by atoms with Crippen LogP contribution in [0.15, 0.2) is 30.6 Å². The van der Waals surface area contributed by atoms with Crippen LogP contribution in [0.2, 0.25) is 10.0 Å². The van der Waals surface area contributed by atoms with Crippen molar-refractivity contribution in [1.29, 1.82) is 0 Å². The van der Waals surface area contributed by atoms with Crippen LogP contribution in [-0.2, 0) is 13.0 Å². The van der Waals surface area contributed by atoms with E-state index in [0.29, 0.717) is 16.5 Å². The number of benzene rings is 1. The van der Waals surface area contributed by atoms with Gasteiger partial charge < -0.3 is 10.3 Å². The van der Waals surface area contributed by atoms with E-state index in [-0.39, 0.29) is 6.04 Å². The van der Waals surface area contributed by atoms with Gasteiger partial charge >= 0.3 is 0 Å². The summed E-state index contributed by atoms with van der Waals surface area (Å²) in [4.78, 5) is 4.29. The maximum atomic E-state index is 6.19. The molecule has 0 aliphatic rings. The van der Waals surface area contributed by atoms with Crippen LogP contribution in [0, 0.1) is 0 Å². The van der Waals surface area contributed by atoms with Crippen molar-refractivity contribution < 1.29 is 0 Å². The van der Waals surface area contributed by atoms with Gasteiger partial charge in [-0.3, -0.25) is 0 Å². The average Bonchev–Trinajstić information content (AvgIpc) is 2.82. The first-order valence-corrected chi connectivity index (χ1v) is 6.58. The standard InChI is InChI=1S/C13H15Cl2N3/c1-2-18-7-6-17-13(18)12(16)8-9-10(14)4-3-5-11(9)15/h3-7,12H,2,8,16H2,1H3. The fourth-order valence-electron chi connectivity index (χ4n) is 1.96. The van der Waals surface area contributed by atoms with Crippen molar-refractivity contribution in [3.63, 3.8) is 0 Å². The van der Waals surface area contributed by atoms with E-state index in [1.165, 1.54) is 0 Å². The second kappa shape index (κ2) is 5.74. The summed E-state index contributed by atoms with van der Waals surface area (Å²) in [5.74, 6) is 0.855. The third kappa shape index (κ3) is 2.69. The van der Waals surface area contributed by atoms with Gasteiger partial charge in [-0.25, -0.2) is 4.98 Å². The number of aryl methyl sites for hydroxylation is 1. The molecule has 1 aromatic carbocycles. The molecule has 0 fully saturated rings. The Hall–Kier alpha value is -1.03. The summed E-state index contributed by atoms with van der Waals surface area (Å²) in [5, 5.41) is 1.29. The Morgan fingerprint density at radius 2 is 2.00 bits per heavy atom. The molecule has 0 radical (unpaired) electrons. The highest BCUT2D eigenvalue weighted by Gasteiger charge is 2.16. The molecular weight excluding hydrogens is 269 g/mol. The highest BCUT2D eigenvalue weighted by Crippen LogP contribution is 2.28. The van der Waals surface area contributed by atoms with Crippen LogP contribution in [0.3, 0.4) is 0 Å². The van der Waals surface area contributed by atoms with Gasteiger partial charge in [0.2, 0.25) is 0 Å². The number of hydrogen-bond donors (Lipinski definition) is 1. The van der Waals surface area contributed by atoms with Crippen molar-refractivity contribution >= 4 is 23.2 Å². The Morgan fingerprint density at radius 3 is 2.61 bits per heavy atom. The fourth-order valence-corrected chi connectivity index (χ4v) is 2.51. The van der Waals surface area contributed by atoms with Crippen molar-refractivity contribution in [3.8, 4) is 0 Å². The molecule has 0 amide bonds. The summed E-state index contributed by atoms with van der Waals surface area (Å²) in [7, 11) is 0. The van der Waals surface area contributed by atoms with Gasteiger partial charge in [0.25, 0.3) is 0 Å². The maximum Gasteiger partial charge on any atom is 0.125 e. The number of nitrogens with two attached hydrogens (primary N) is 1. The summed E-state index contributed by atoms with van der Waals surface area (Å²) < 4.78 is 2.02. The normalized spacial score (nSPS) is 12.7. The maximum absolute atomic E-state index is 6.19. The van der Waals surface area contributed by atoms with Crippen LogP contribution < -0.4 is 5.73 Å². The molecule has 3 nitrogen and oxygen atoms in total. The molecule has 2 rings (SSSR count). The van der Waals surface area contributed by atoms with Crippen LogP contribution in [0.1, 0.15) is 24.4 Å². The van der Waals surface area contributed by atoms with Gasteiger partial charge in [-0.05, 0) is 31.0 Å². The van der Waals surface area contributed by atoms with Crippen molar-refractivity contribution in [2.75, 3.05) is 0 Å². The lowest BCUT2D eigenvalue weighted by molar-refractivity contribution is 0.600. The van der Waals surface area contributed by atoms with Crippen molar-refractivity contribution in [2.45, 2.75) is 25.9 Å². The third-order valence-electron chi connectivity index (χ3n) is 2.91. The zero-order valence-corrected chi connectivity index (χ0v) is 11.6. The molecular formula is C13H15Cl2N3.